The van der Waals surface area contributed by atoms with E-state index < -0.39 is 0 Å². The summed E-state index contributed by atoms with van der Waals surface area (Å²) in [5.74, 6) is 1.91. The van der Waals surface area contributed by atoms with Crippen molar-refractivity contribution in [2.75, 3.05) is 20.7 Å². The van der Waals surface area contributed by atoms with Gasteiger partial charge in [-0.25, -0.2) is 0 Å². The number of likely N-dealkylation sites (tertiary alicyclic amines) is 1. The number of fused-ring (bicyclic) bond motifs is 1. The summed E-state index contributed by atoms with van der Waals surface area (Å²) in [6, 6.07) is 7.60. The lowest BCUT2D eigenvalue weighted by Gasteiger charge is -2.58. The van der Waals surface area contributed by atoms with Crippen molar-refractivity contribution in [3.05, 3.63) is 29.3 Å². The molecule has 1 heterocycles. The highest BCUT2D eigenvalue weighted by Crippen LogP contribution is 2.55. The van der Waals surface area contributed by atoms with E-state index >= 15 is 0 Å². The van der Waals surface area contributed by atoms with E-state index in [0.717, 1.165) is 17.7 Å². The van der Waals surface area contributed by atoms with Crippen LogP contribution in [-0.2, 0) is 11.8 Å². The Hall–Kier alpha value is -0.580. The number of halogens is 1. The average Bonchev–Trinajstić information content (AvgIpc) is 2.50. The molecule has 2 aliphatic carbocycles. The average molecular weight is 370 g/mol. The lowest BCUT2D eigenvalue weighted by Crippen LogP contribution is -2.59. The third-order valence-electron chi connectivity index (χ3n) is 6.32. The van der Waals surface area contributed by atoms with E-state index in [-0.39, 0.29) is 22.5 Å². The summed E-state index contributed by atoms with van der Waals surface area (Å²) in [6.07, 6.45) is 8.22. The van der Waals surface area contributed by atoms with Crippen LogP contribution in [0.5, 0.6) is 5.75 Å². The van der Waals surface area contributed by atoms with Crippen LogP contribution in [0.3, 0.4) is 0 Å². The maximum absolute atomic E-state index is 5.51. The number of likely N-dealkylation sites (N-methyl/N-ethyl adjacent to an activating group) is 1. The minimum atomic E-state index is 0. The van der Waals surface area contributed by atoms with Gasteiger partial charge in [-0.3, -0.25) is 0 Å². The van der Waals surface area contributed by atoms with Crippen molar-refractivity contribution in [2.45, 2.75) is 50.0 Å². The van der Waals surface area contributed by atoms with Gasteiger partial charge in [0.2, 0.25) is 0 Å². The Morgan fingerprint density at radius 1 is 1.23 bits per heavy atom. The molecule has 0 spiro atoms. The third kappa shape index (κ3) is 2.40. The molecule has 3 atom stereocenters. The molecule has 1 saturated heterocycles. The monoisotopic (exact) mass is 369 g/mol. The van der Waals surface area contributed by atoms with Gasteiger partial charge in [0.1, 0.15) is 5.75 Å². The van der Waals surface area contributed by atoms with Crippen molar-refractivity contribution in [1.29, 1.82) is 0 Å². The van der Waals surface area contributed by atoms with E-state index in [0.29, 0.717) is 5.41 Å². The lowest BCUT2D eigenvalue weighted by molar-refractivity contribution is 0.00274. The van der Waals surface area contributed by atoms with E-state index in [1.54, 1.807) is 18.2 Å². The van der Waals surface area contributed by atoms with E-state index in [2.05, 4.69) is 30.1 Å². The van der Waals surface area contributed by atoms with Gasteiger partial charge < -0.3 is 15.1 Å². The summed E-state index contributed by atoms with van der Waals surface area (Å²) >= 11 is 0. The van der Waals surface area contributed by atoms with E-state index in [1.807, 2.05) is 0 Å². The van der Waals surface area contributed by atoms with Crippen LogP contribution in [0.1, 0.15) is 43.2 Å². The Morgan fingerprint density at radius 2 is 2.05 bits per heavy atom. The molecule has 3 nitrogen and oxygen atoms in total. The molecule has 22 heavy (non-hydrogen) atoms. The Labute approximate surface area is 144 Å². The van der Waals surface area contributed by atoms with Gasteiger partial charge >= 0.3 is 0 Å². The maximum atomic E-state index is 5.51. The Bertz CT molecular complexity index is 536. The number of rotatable bonds is 1. The molecule has 2 bridgehead atoms. The number of hydrogen-bond acceptors (Lipinski definition) is 2. The summed E-state index contributed by atoms with van der Waals surface area (Å²) in [5.41, 5.74) is 3.67. The predicted molar refractivity (Wildman–Crippen MR) is 95.3 cm³/mol. The van der Waals surface area contributed by atoms with E-state index in [4.69, 9.17) is 4.74 Å². The molecule has 0 radical (unpaired) electrons. The van der Waals surface area contributed by atoms with Crippen LogP contribution in [0.2, 0.25) is 0 Å². The molecule has 4 rings (SSSR count). The van der Waals surface area contributed by atoms with Gasteiger partial charge in [0.25, 0.3) is 0 Å². The lowest BCUT2D eigenvalue weighted by atomic mass is 9.52. The van der Waals surface area contributed by atoms with Crippen LogP contribution >= 0.6 is 17.0 Å². The Kier molecular flexibility index (Phi) is 5.25. The van der Waals surface area contributed by atoms with Crippen molar-refractivity contribution in [3.8, 4) is 5.75 Å². The second-order valence-corrected chi connectivity index (χ2v) is 7.03. The molecular formula is C18H28BrNO2. The van der Waals surface area contributed by atoms with Crippen LogP contribution in [0, 0.1) is 5.92 Å². The molecule has 3 aliphatic rings. The highest BCUT2D eigenvalue weighted by molar-refractivity contribution is 8.93. The third-order valence-corrected chi connectivity index (χ3v) is 6.32. The van der Waals surface area contributed by atoms with Crippen molar-refractivity contribution in [3.63, 3.8) is 0 Å². The largest absolute Gasteiger partial charge is 0.497 e. The van der Waals surface area contributed by atoms with Gasteiger partial charge in [0, 0.05) is 11.5 Å². The number of benzene rings is 1. The molecule has 4 heteroatoms. The second kappa shape index (κ2) is 6.50. The van der Waals surface area contributed by atoms with Gasteiger partial charge in [-0.05, 0) is 68.5 Å². The van der Waals surface area contributed by atoms with Crippen LogP contribution in [-0.4, -0.2) is 37.1 Å². The summed E-state index contributed by atoms with van der Waals surface area (Å²) in [4.78, 5) is 2.63. The van der Waals surface area contributed by atoms with Crippen LogP contribution < -0.4 is 4.74 Å². The number of nitrogens with zero attached hydrogens (tertiary/aromatic N) is 1. The summed E-state index contributed by atoms with van der Waals surface area (Å²) in [6.45, 7) is 1.26. The smallest absolute Gasteiger partial charge is 0.119 e. The number of methoxy groups -OCH3 is 1. The minimum absolute atomic E-state index is 0. The Morgan fingerprint density at radius 3 is 2.82 bits per heavy atom. The second-order valence-electron chi connectivity index (χ2n) is 7.03. The summed E-state index contributed by atoms with van der Waals surface area (Å²) in [7, 11) is 4.12. The molecule has 2 N–H and O–H groups in total. The predicted octanol–water partition coefficient (Wildman–Crippen LogP) is 3.14. The molecule has 1 saturated carbocycles. The van der Waals surface area contributed by atoms with Crippen LogP contribution in [0.25, 0.3) is 0 Å². The van der Waals surface area contributed by atoms with Gasteiger partial charge in [-0.2, -0.15) is 0 Å². The number of piperidine rings is 1. The summed E-state index contributed by atoms with van der Waals surface area (Å²) in [5, 5.41) is 0. The zero-order chi connectivity index (χ0) is 13.7. The zero-order valence-electron chi connectivity index (χ0n) is 13.6. The maximum Gasteiger partial charge on any atom is 0.119 e. The fourth-order valence-corrected chi connectivity index (χ4v) is 5.30. The molecule has 1 aliphatic heterocycles. The molecule has 2 fully saturated rings. The first-order chi connectivity index (χ1) is 9.74. The standard InChI is InChI=1S/C18H25NO.BrH.H2O/c1-19-10-9-18-8-4-3-5-15(18)17(19)11-13-6-7-14(20-2)12-16(13)18;;/h6-7,12,15,17H,3-5,8-11H2,1-2H3;1H;1H2/t15-,17-,18-;;/m0../s1. The quantitative estimate of drug-likeness (QED) is 0.762. The first-order valence-electron chi connectivity index (χ1n) is 8.12. The van der Waals surface area contributed by atoms with Crippen molar-refractivity contribution >= 4 is 17.0 Å². The van der Waals surface area contributed by atoms with Crippen LogP contribution in [0.15, 0.2) is 18.2 Å². The first-order valence-corrected chi connectivity index (χ1v) is 8.12. The van der Waals surface area contributed by atoms with Crippen LogP contribution in [0.4, 0.5) is 0 Å². The SMILES string of the molecule is Br.COc1ccc2c(c1)[C@]13CCCC[C@H]1[C@H](C2)N(C)CC3.O. The normalized spacial score (nSPS) is 32.8. The highest BCUT2D eigenvalue weighted by Gasteiger charge is 2.53. The zero-order valence-corrected chi connectivity index (χ0v) is 15.3. The fourth-order valence-electron chi connectivity index (χ4n) is 5.30. The first kappa shape index (κ1) is 17.8. The fraction of sp³-hybridized carbons (Fsp3) is 0.667. The highest BCUT2D eigenvalue weighted by atomic mass is 79.9. The molecule has 1 aromatic carbocycles. The minimum Gasteiger partial charge on any atom is -0.497 e. The molecule has 0 aromatic heterocycles. The van der Waals surface area contributed by atoms with Gasteiger partial charge in [-0.15, -0.1) is 17.0 Å². The molecular weight excluding hydrogens is 342 g/mol. The van der Waals surface area contributed by atoms with Crippen molar-refractivity contribution < 1.29 is 10.2 Å². The number of hydrogen-bond donors (Lipinski definition) is 0. The molecule has 0 amide bonds. The Balaban J connectivity index is 0.000000882. The van der Waals surface area contributed by atoms with E-state index in [9.17, 15) is 0 Å². The molecule has 1 aromatic rings. The molecule has 124 valence electrons. The topological polar surface area (TPSA) is 44.0 Å². The van der Waals surface area contributed by atoms with E-state index in [1.165, 1.54) is 45.1 Å². The van der Waals surface area contributed by atoms with Crippen molar-refractivity contribution in [1.82, 2.24) is 4.90 Å². The van der Waals surface area contributed by atoms with Gasteiger partial charge in [0.15, 0.2) is 0 Å². The summed E-state index contributed by atoms with van der Waals surface area (Å²) < 4.78 is 5.51. The van der Waals surface area contributed by atoms with Gasteiger partial charge in [0.05, 0.1) is 7.11 Å². The van der Waals surface area contributed by atoms with Gasteiger partial charge in [-0.1, -0.05) is 18.9 Å². The number of ether oxygens (including phenoxy) is 1. The van der Waals surface area contributed by atoms with Crippen molar-refractivity contribution in [2.24, 2.45) is 5.92 Å². The molecule has 0 unspecified atom stereocenters.